The number of nitrogens with one attached hydrogen (secondary N) is 2. The van der Waals surface area contributed by atoms with E-state index in [1.54, 1.807) is 7.05 Å². The Bertz CT molecular complexity index is 302. The van der Waals surface area contributed by atoms with Crippen LogP contribution < -0.4 is 5.32 Å². The highest BCUT2D eigenvalue weighted by molar-refractivity contribution is 14.1. The zero-order chi connectivity index (χ0) is 9.14. The van der Waals surface area contributed by atoms with E-state index in [0.717, 1.165) is 3.70 Å². The van der Waals surface area contributed by atoms with E-state index in [9.17, 15) is 4.39 Å². The van der Waals surface area contributed by atoms with Crippen molar-refractivity contribution in [2.75, 3.05) is 7.05 Å². The van der Waals surface area contributed by atoms with Gasteiger partial charge in [-0.05, 0) is 40.8 Å². The molecule has 1 aliphatic carbocycles. The highest BCUT2D eigenvalue weighted by Gasteiger charge is 2.09. The van der Waals surface area contributed by atoms with Gasteiger partial charge in [-0.25, -0.2) is 4.39 Å². The highest BCUT2D eigenvalue weighted by atomic mass is 127. The molecular weight excluding hydrogens is 270 g/mol. The summed E-state index contributed by atoms with van der Waals surface area (Å²) in [6, 6.07) is 0. The van der Waals surface area contributed by atoms with E-state index in [1.807, 2.05) is 22.6 Å². The fourth-order valence-corrected chi connectivity index (χ4v) is 1.28. The Kier molecular flexibility index (Phi) is 3.02. The fraction of sp³-hybridized carbons (Fsp3) is 0.125. The molecule has 2 N–H and O–H groups in total. The lowest BCUT2D eigenvalue weighted by Crippen LogP contribution is -2.09. The summed E-state index contributed by atoms with van der Waals surface area (Å²) in [5.74, 6) is -0.314. The average molecular weight is 278 g/mol. The second kappa shape index (κ2) is 3.84. The number of halogens is 2. The molecule has 2 nitrogen and oxygen atoms in total. The van der Waals surface area contributed by atoms with Gasteiger partial charge in [0.2, 0.25) is 0 Å². The van der Waals surface area contributed by atoms with Crippen molar-refractivity contribution >= 4 is 28.3 Å². The molecule has 0 heterocycles. The topological polar surface area (TPSA) is 35.9 Å². The summed E-state index contributed by atoms with van der Waals surface area (Å²) in [4.78, 5) is 0. The smallest absolute Gasteiger partial charge is 0.124 e. The van der Waals surface area contributed by atoms with Crippen molar-refractivity contribution in [2.45, 2.75) is 0 Å². The maximum atomic E-state index is 12.7. The van der Waals surface area contributed by atoms with E-state index in [1.165, 1.54) is 18.2 Å². The van der Waals surface area contributed by atoms with E-state index < -0.39 is 0 Å². The molecule has 0 unspecified atom stereocenters. The van der Waals surface area contributed by atoms with Crippen LogP contribution in [0.5, 0.6) is 0 Å². The first-order valence-corrected chi connectivity index (χ1v) is 4.44. The zero-order valence-electron chi connectivity index (χ0n) is 6.49. The van der Waals surface area contributed by atoms with Gasteiger partial charge in [0.1, 0.15) is 5.83 Å². The molecule has 4 heteroatoms. The second-order valence-corrected chi connectivity index (χ2v) is 3.33. The molecule has 64 valence electrons. The van der Waals surface area contributed by atoms with Crippen LogP contribution in [-0.4, -0.2) is 12.8 Å². The van der Waals surface area contributed by atoms with Gasteiger partial charge in [0, 0.05) is 12.6 Å². The number of allylic oxidation sites excluding steroid dienone is 5. The molecule has 0 saturated carbocycles. The van der Waals surface area contributed by atoms with Crippen molar-refractivity contribution < 1.29 is 4.39 Å². The predicted molar refractivity (Wildman–Crippen MR) is 56.2 cm³/mol. The first kappa shape index (κ1) is 9.44. The normalized spacial score (nSPS) is 20.6. The Balaban J connectivity index is 3.07. The Labute approximate surface area is 83.9 Å². The Hall–Kier alpha value is -0.650. The first-order valence-electron chi connectivity index (χ1n) is 3.37. The van der Waals surface area contributed by atoms with Crippen molar-refractivity contribution in [3.8, 4) is 0 Å². The lowest BCUT2D eigenvalue weighted by Gasteiger charge is -2.08. The van der Waals surface area contributed by atoms with E-state index in [4.69, 9.17) is 5.41 Å². The summed E-state index contributed by atoms with van der Waals surface area (Å²) in [6.07, 6.45) is 4.08. The van der Waals surface area contributed by atoms with Gasteiger partial charge in [0.25, 0.3) is 0 Å². The summed E-state index contributed by atoms with van der Waals surface area (Å²) in [5, 5.41) is 10.3. The first-order chi connectivity index (χ1) is 5.65. The third-order valence-corrected chi connectivity index (χ3v) is 2.56. The molecule has 0 aromatic carbocycles. The van der Waals surface area contributed by atoms with Crippen molar-refractivity contribution in [3.63, 3.8) is 0 Å². The minimum absolute atomic E-state index is 0.314. The van der Waals surface area contributed by atoms with E-state index >= 15 is 0 Å². The monoisotopic (exact) mass is 278 g/mol. The van der Waals surface area contributed by atoms with Crippen LogP contribution in [0.15, 0.2) is 33.3 Å². The summed E-state index contributed by atoms with van der Waals surface area (Å²) in [5.41, 5.74) is 0.924. The lowest BCUT2D eigenvalue weighted by molar-refractivity contribution is 0.665. The minimum Gasteiger partial charge on any atom is -0.383 e. The largest absolute Gasteiger partial charge is 0.383 e. The van der Waals surface area contributed by atoms with Crippen LogP contribution in [0.3, 0.4) is 0 Å². The summed E-state index contributed by atoms with van der Waals surface area (Å²) in [6.45, 7) is 0. The standard InChI is InChI=1S/C8H8FIN2/c1-12-8(10)6-4-5(9)2-3-7(6)11/h2-4,11-12H,1H3/b8-6-,11-7?. The number of hydrogen-bond donors (Lipinski definition) is 2. The van der Waals surface area contributed by atoms with Gasteiger partial charge in [-0.2, -0.15) is 0 Å². The van der Waals surface area contributed by atoms with Gasteiger partial charge in [-0.1, -0.05) is 0 Å². The van der Waals surface area contributed by atoms with E-state index in [-0.39, 0.29) is 5.83 Å². The molecule has 0 amide bonds. The Morgan fingerprint density at radius 2 is 2.25 bits per heavy atom. The molecule has 1 rings (SSSR count). The summed E-state index contributed by atoms with van der Waals surface area (Å²) in [7, 11) is 1.74. The van der Waals surface area contributed by atoms with Crippen molar-refractivity contribution in [2.24, 2.45) is 0 Å². The molecule has 0 fully saturated rings. The summed E-state index contributed by atoms with van der Waals surface area (Å²) < 4.78 is 13.5. The average Bonchev–Trinajstić information content (AvgIpc) is 2.08. The van der Waals surface area contributed by atoms with Crippen LogP contribution in [0.25, 0.3) is 0 Å². The van der Waals surface area contributed by atoms with Crippen molar-refractivity contribution in [1.29, 1.82) is 5.41 Å². The predicted octanol–water partition coefficient (Wildman–Crippen LogP) is 2.30. The van der Waals surface area contributed by atoms with Gasteiger partial charge in [0.05, 0.1) is 9.42 Å². The Morgan fingerprint density at radius 1 is 1.58 bits per heavy atom. The number of rotatable bonds is 1. The fourth-order valence-electron chi connectivity index (χ4n) is 0.833. The third-order valence-electron chi connectivity index (χ3n) is 1.44. The van der Waals surface area contributed by atoms with Crippen LogP contribution in [0.2, 0.25) is 0 Å². The quantitative estimate of drug-likeness (QED) is 0.560. The van der Waals surface area contributed by atoms with Gasteiger partial charge in [0.15, 0.2) is 0 Å². The SMILES string of the molecule is CN/C(I)=C1/C=C(F)C=CC1=N. The highest BCUT2D eigenvalue weighted by Crippen LogP contribution is 2.19. The molecule has 0 radical (unpaired) electrons. The Morgan fingerprint density at radius 3 is 2.83 bits per heavy atom. The minimum atomic E-state index is -0.314. The molecule has 1 aliphatic rings. The van der Waals surface area contributed by atoms with Crippen LogP contribution in [0.4, 0.5) is 4.39 Å². The van der Waals surface area contributed by atoms with Crippen LogP contribution in [0.1, 0.15) is 0 Å². The molecule has 0 aromatic rings. The molecule has 0 atom stereocenters. The number of hydrogen-bond acceptors (Lipinski definition) is 2. The maximum Gasteiger partial charge on any atom is 0.124 e. The third kappa shape index (κ3) is 1.94. The van der Waals surface area contributed by atoms with Gasteiger partial charge >= 0.3 is 0 Å². The van der Waals surface area contributed by atoms with Gasteiger partial charge in [-0.15, -0.1) is 0 Å². The zero-order valence-corrected chi connectivity index (χ0v) is 8.65. The van der Waals surface area contributed by atoms with Gasteiger partial charge in [-0.3, -0.25) is 0 Å². The van der Waals surface area contributed by atoms with Crippen molar-refractivity contribution in [1.82, 2.24) is 5.32 Å². The van der Waals surface area contributed by atoms with E-state index in [0.29, 0.717) is 11.3 Å². The molecule has 0 bridgehead atoms. The van der Waals surface area contributed by atoms with E-state index in [2.05, 4.69) is 5.32 Å². The molecule has 0 saturated heterocycles. The van der Waals surface area contributed by atoms with Crippen LogP contribution >= 0.6 is 22.6 Å². The molecule has 0 aliphatic heterocycles. The maximum absolute atomic E-state index is 12.7. The molecular formula is C8H8FIN2. The second-order valence-electron chi connectivity index (χ2n) is 2.25. The molecule has 0 spiro atoms. The van der Waals surface area contributed by atoms with Gasteiger partial charge < -0.3 is 10.7 Å². The molecule has 12 heavy (non-hydrogen) atoms. The molecule has 0 aromatic heterocycles. The van der Waals surface area contributed by atoms with Crippen molar-refractivity contribution in [3.05, 3.63) is 33.3 Å². The van der Waals surface area contributed by atoms with Crippen LogP contribution in [-0.2, 0) is 0 Å². The summed E-state index contributed by atoms with van der Waals surface area (Å²) >= 11 is 2.03. The lowest BCUT2D eigenvalue weighted by atomic mass is 10.1. The van der Waals surface area contributed by atoms with Crippen LogP contribution in [0, 0.1) is 5.41 Å².